The molecule has 1 spiro atoms. The van der Waals surface area contributed by atoms with Crippen molar-refractivity contribution in [1.82, 2.24) is 19.9 Å². The first-order chi connectivity index (χ1) is 12.2. The average Bonchev–Trinajstić information content (AvgIpc) is 2.66. The van der Waals surface area contributed by atoms with E-state index >= 15 is 0 Å². The van der Waals surface area contributed by atoms with Crippen molar-refractivity contribution < 1.29 is 9.53 Å². The fourth-order valence-corrected chi connectivity index (χ4v) is 3.40. The average molecular weight is 339 g/mol. The number of hydrogen-bond donors (Lipinski definition) is 1. The molecule has 4 heterocycles. The highest BCUT2D eigenvalue weighted by Crippen LogP contribution is 2.36. The second kappa shape index (κ2) is 6.76. The van der Waals surface area contributed by atoms with Crippen LogP contribution >= 0.6 is 0 Å². The van der Waals surface area contributed by atoms with Crippen molar-refractivity contribution in [2.75, 3.05) is 31.6 Å². The fourth-order valence-electron chi connectivity index (χ4n) is 3.40. The number of amides is 1. The van der Waals surface area contributed by atoms with Gasteiger partial charge in [-0.2, -0.15) is 0 Å². The molecule has 2 aliphatic rings. The maximum absolute atomic E-state index is 12.4. The lowest BCUT2D eigenvalue weighted by Crippen LogP contribution is -2.66. The molecule has 4 rings (SSSR count). The number of carbonyl (C=O) groups is 1. The summed E-state index contributed by atoms with van der Waals surface area (Å²) in [5.41, 5.74) is 0.336. The van der Waals surface area contributed by atoms with E-state index in [1.807, 2.05) is 17.0 Å². The van der Waals surface area contributed by atoms with Gasteiger partial charge in [0.15, 0.2) is 0 Å². The van der Waals surface area contributed by atoms with Gasteiger partial charge in [-0.05, 0) is 37.0 Å². The summed E-state index contributed by atoms with van der Waals surface area (Å²) in [4.78, 5) is 26.6. The van der Waals surface area contributed by atoms with E-state index in [-0.39, 0.29) is 11.5 Å². The van der Waals surface area contributed by atoms with Crippen molar-refractivity contribution in [3.63, 3.8) is 0 Å². The molecule has 2 aromatic rings. The Morgan fingerprint density at radius 1 is 1.20 bits per heavy atom. The monoisotopic (exact) mass is 339 g/mol. The molecule has 2 aromatic heterocycles. The Kier molecular flexibility index (Phi) is 4.31. The van der Waals surface area contributed by atoms with Crippen molar-refractivity contribution in [2.45, 2.75) is 18.4 Å². The number of carbonyl (C=O) groups excluding carboxylic acids is 1. The first kappa shape index (κ1) is 16.0. The standard InChI is InChI=1S/C18H21N5O2/c24-16(15-4-1-2-7-19-15)23-12-18(13-23)6-5-14(11-25-18)10-22-17-20-8-3-9-21-17/h1-4,7-9,14H,5-6,10-13H2,(H,20,21,22). The lowest BCUT2D eigenvalue weighted by atomic mass is 9.82. The summed E-state index contributed by atoms with van der Waals surface area (Å²) in [6.07, 6.45) is 7.15. The van der Waals surface area contributed by atoms with Crippen LogP contribution in [0.4, 0.5) is 5.95 Å². The molecule has 1 N–H and O–H groups in total. The molecule has 1 amide bonds. The number of nitrogens with zero attached hydrogens (tertiary/aromatic N) is 4. The summed E-state index contributed by atoms with van der Waals surface area (Å²) in [5, 5.41) is 3.25. The number of nitrogens with one attached hydrogen (secondary N) is 1. The molecule has 0 saturated carbocycles. The summed E-state index contributed by atoms with van der Waals surface area (Å²) in [7, 11) is 0. The lowest BCUT2D eigenvalue weighted by molar-refractivity contribution is -0.165. The van der Waals surface area contributed by atoms with Gasteiger partial charge in [0, 0.05) is 25.1 Å². The van der Waals surface area contributed by atoms with Gasteiger partial charge in [-0.1, -0.05) is 6.07 Å². The first-order valence-corrected chi connectivity index (χ1v) is 8.59. The van der Waals surface area contributed by atoms with Crippen molar-refractivity contribution in [3.8, 4) is 0 Å². The zero-order valence-electron chi connectivity index (χ0n) is 14.0. The zero-order valence-corrected chi connectivity index (χ0v) is 14.0. The van der Waals surface area contributed by atoms with Gasteiger partial charge in [0.1, 0.15) is 11.3 Å². The van der Waals surface area contributed by atoms with E-state index in [4.69, 9.17) is 4.74 Å². The summed E-state index contributed by atoms with van der Waals surface area (Å²) < 4.78 is 6.12. The number of ether oxygens (including phenoxy) is 1. The summed E-state index contributed by atoms with van der Waals surface area (Å²) in [5.74, 6) is 1.08. The van der Waals surface area contributed by atoms with Gasteiger partial charge >= 0.3 is 0 Å². The van der Waals surface area contributed by atoms with E-state index in [0.29, 0.717) is 37.3 Å². The predicted molar refractivity (Wildman–Crippen MR) is 92.1 cm³/mol. The molecule has 1 unspecified atom stereocenters. The Labute approximate surface area is 146 Å². The van der Waals surface area contributed by atoms with Crippen LogP contribution in [0.1, 0.15) is 23.3 Å². The maximum Gasteiger partial charge on any atom is 0.272 e. The topological polar surface area (TPSA) is 80.2 Å². The molecule has 7 nitrogen and oxygen atoms in total. The second-order valence-corrected chi connectivity index (χ2v) is 6.73. The maximum atomic E-state index is 12.4. The van der Waals surface area contributed by atoms with Crippen molar-refractivity contribution in [3.05, 3.63) is 48.5 Å². The van der Waals surface area contributed by atoms with Gasteiger partial charge in [-0.15, -0.1) is 0 Å². The Bertz CT molecular complexity index is 709. The lowest BCUT2D eigenvalue weighted by Gasteiger charge is -2.52. The Morgan fingerprint density at radius 2 is 2.00 bits per heavy atom. The van der Waals surface area contributed by atoms with Crippen LogP contribution in [-0.2, 0) is 4.74 Å². The zero-order chi connectivity index (χ0) is 17.1. The van der Waals surface area contributed by atoms with Crippen LogP contribution in [0.2, 0.25) is 0 Å². The first-order valence-electron chi connectivity index (χ1n) is 8.59. The number of aromatic nitrogens is 3. The summed E-state index contributed by atoms with van der Waals surface area (Å²) >= 11 is 0. The molecule has 1 atom stereocenters. The molecule has 0 aliphatic carbocycles. The minimum absolute atomic E-state index is 0.0140. The third-order valence-corrected chi connectivity index (χ3v) is 4.88. The molecule has 0 radical (unpaired) electrons. The molecule has 2 aliphatic heterocycles. The smallest absolute Gasteiger partial charge is 0.272 e. The van der Waals surface area contributed by atoms with Gasteiger partial charge in [-0.3, -0.25) is 9.78 Å². The molecule has 2 fully saturated rings. The van der Waals surface area contributed by atoms with E-state index in [1.165, 1.54) is 0 Å². The van der Waals surface area contributed by atoms with E-state index < -0.39 is 0 Å². The predicted octanol–water partition coefficient (Wildman–Crippen LogP) is 1.60. The Balaban J connectivity index is 1.24. The van der Waals surface area contributed by atoms with Crippen LogP contribution in [-0.4, -0.2) is 57.6 Å². The van der Waals surface area contributed by atoms with Crippen molar-refractivity contribution in [2.24, 2.45) is 5.92 Å². The minimum atomic E-state index is -0.163. The highest BCUT2D eigenvalue weighted by Gasteiger charge is 2.48. The van der Waals surface area contributed by atoms with E-state index in [0.717, 1.165) is 19.4 Å². The summed E-state index contributed by atoms with van der Waals surface area (Å²) in [6, 6.07) is 7.20. The third kappa shape index (κ3) is 3.46. The molecule has 7 heteroatoms. The van der Waals surface area contributed by atoms with Gasteiger partial charge < -0.3 is 15.0 Å². The SMILES string of the molecule is O=C(c1ccccn1)N1CC2(CCC(CNc3ncccn3)CO2)C1. The van der Waals surface area contributed by atoms with Crippen LogP contribution in [0.25, 0.3) is 0 Å². The normalized spacial score (nSPS) is 21.6. The minimum Gasteiger partial charge on any atom is -0.371 e. The number of rotatable bonds is 4. The molecule has 130 valence electrons. The van der Waals surface area contributed by atoms with Crippen LogP contribution in [0, 0.1) is 5.92 Å². The number of anilines is 1. The van der Waals surface area contributed by atoms with E-state index in [9.17, 15) is 4.79 Å². The Morgan fingerprint density at radius 3 is 2.68 bits per heavy atom. The van der Waals surface area contributed by atoms with E-state index in [2.05, 4.69) is 20.3 Å². The summed E-state index contributed by atoms with van der Waals surface area (Å²) in [6.45, 7) is 2.82. The number of likely N-dealkylation sites (tertiary alicyclic amines) is 1. The van der Waals surface area contributed by atoms with Gasteiger partial charge in [0.25, 0.3) is 5.91 Å². The van der Waals surface area contributed by atoms with Crippen LogP contribution in [0.3, 0.4) is 0 Å². The molecular formula is C18H21N5O2. The Hall–Kier alpha value is -2.54. The highest BCUT2D eigenvalue weighted by atomic mass is 16.5. The third-order valence-electron chi connectivity index (χ3n) is 4.88. The van der Waals surface area contributed by atoms with Gasteiger partial charge in [0.2, 0.25) is 5.95 Å². The highest BCUT2D eigenvalue weighted by molar-refractivity contribution is 5.93. The molecule has 25 heavy (non-hydrogen) atoms. The number of pyridine rings is 1. The van der Waals surface area contributed by atoms with E-state index in [1.54, 1.807) is 30.7 Å². The quantitative estimate of drug-likeness (QED) is 0.911. The fraction of sp³-hybridized carbons (Fsp3) is 0.444. The second-order valence-electron chi connectivity index (χ2n) is 6.73. The van der Waals surface area contributed by atoms with Crippen molar-refractivity contribution in [1.29, 1.82) is 0 Å². The van der Waals surface area contributed by atoms with Crippen LogP contribution < -0.4 is 5.32 Å². The largest absolute Gasteiger partial charge is 0.371 e. The van der Waals surface area contributed by atoms with Crippen LogP contribution in [0.5, 0.6) is 0 Å². The van der Waals surface area contributed by atoms with Crippen molar-refractivity contribution >= 4 is 11.9 Å². The molecular weight excluding hydrogens is 318 g/mol. The van der Waals surface area contributed by atoms with Gasteiger partial charge in [-0.25, -0.2) is 9.97 Å². The number of hydrogen-bond acceptors (Lipinski definition) is 6. The van der Waals surface area contributed by atoms with Crippen LogP contribution in [0.15, 0.2) is 42.9 Å². The molecule has 0 aromatic carbocycles. The van der Waals surface area contributed by atoms with Gasteiger partial charge in [0.05, 0.1) is 19.7 Å². The molecule has 2 saturated heterocycles. The molecule has 0 bridgehead atoms.